The molecule has 0 bridgehead atoms. The van der Waals surface area contributed by atoms with E-state index in [1.165, 1.54) is 12.8 Å². The van der Waals surface area contributed by atoms with Crippen molar-refractivity contribution in [1.29, 1.82) is 0 Å². The Kier molecular flexibility index (Phi) is 2.25. The summed E-state index contributed by atoms with van der Waals surface area (Å²) in [6.45, 7) is 0. The monoisotopic (exact) mass is 241 g/mol. The molecule has 2 aromatic rings. The van der Waals surface area contributed by atoms with Crippen LogP contribution in [0.5, 0.6) is 0 Å². The van der Waals surface area contributed by atoms with E-state index in [-0.39, 0.29) is 0 Å². The Hall–Kier alpha value is -0.880. The quantitative estimate of drug-likeness (QED) is 0.505. The molecular weight excluding hydrogens is 234 g/mol. The highest BCUT2D eigenvalue weighted by Gasteiger charge is 2.22. The van der Waals surface area contributed by atoms with Gasteiger partial charge in [-0.05, 0) is 18.8 Å². The standard InChI is InChI=1S/C8H8ClN5S/c9-6-5-7(13-14-12-5)11-8(10-6)15-3-4-1-2-4/h4H,1-3H2,(H,10,11,12,13,14). The van der Waals surface area contributed by atoms with Crippen molar-refractivity contribution < 1.29 is 0 Å². The highest BCUT2D eigenvalue weighted by Crippen LogP contribution is 2.34. The topological polar surface area (TPSA) is 67.3 Å². The summed E-state index contributed by atoms with van der Waals surface area (Å²) in [5.74, 6) is 1.91. The lowest BCUT2D eigenvalue weighted by atomic mass is 10.5. The molecule has 3 rings (SSSR count). The van der Waals surface area contributed by atoms with E-state index in [0.717, 1.165) is 11.7 Å². The van der Waals surface area contributed by atoms with Gasteiger partial charge in [0.25, 0.3) is 0 Å². The van der Waals surface area contributed by atoms with E-state index >= 15 is 0 Å². The molecule has 0 unspecified atom stereocenters. The Labute approximate surface area is 95.0 Å². The summed E-state index contributed by atoms with van der Waals surface area (Å²) in [4.78, 5) is 8.43. The maximum atomic E-state index is 5.95. The fourth-order valence-corrected chi connectivity index (χ4v) is 2.52. The summed E-state index contributed by atoms with van der Waals surface area (Å²) in [7, 11) is 0. The Bertz CT molecular complexity index is 495. The Morgan fingerprint density at radius 2 is 2.20 bits per heavy atom. The van der Waals surface area contributed by atoms with Gasteiger partial charge >= 0.3 is 0 Å². The van der Waals surface area contributed by atoms with E-state index in [0.29, 0.717) is 21.5 Å². The third-order valence-corrected chi connectivity index (χ3v) is 3.61. The first-order valence-electron chi connectivity index (χ1n) is 4.70. The molecule has 0 amide bonds. The number of thioether (sulfide) groups is 1. The first-order valence-corrected chi connectivity index (χ1v) is 6.06. The zero-order valence-corrected chi connectivity index (χ0v) is 9.35. The van der Waals surface area contributed by atoms with Crippen LogP contribution in [0, 0.1) is 5.92 Å². The normalized spacial score (nSPS) is 16.1. The van der Waals surface area contributed by atoms with E-state index in [2.05, 4.69) is 25.4 Å². The first-order chi connectivity index (χ1) is 7.33. The number of hydrogen-bond acceptors (Lipinski definition) is 5. The first kappa shape index (κ1) is 9.35. The summed E-state index contributed by atoms with van der Waals surface area (Å²) < 4.78 is 0. The maximum absolute atomic E-state index is 5.95. The van der Waals surface area contributed by atoms with Gasteiger partial charge in [-0.25, -0.2) is 4.98 Å². The van der Waals surface area contributed by atoms with Crippen molar-refractivity contribution in [2.45, 2.75) is 18.0 Å². The molecule has 0 spiro atoms. The van der Waals surface area contributed by atoms with Gasteiger partial charge in [-0.15, -0.1) is 5.10 Å². The minimum Gasteiger partial charge on any atom is -0.208 e. The second kappa shape index (κ2) is 3.61. The lowest BCUT2D eigenvalue weighted by Crippen LogP contribution is -1.91. The van der Waals surface area contributed by atoms with E-state index in [4.69, 9.17) is 11.6 Å². The van der Waals surface area contributed by atoms with Crippen molar-refractivity contribution in [2.75, 3.05) is 5.75 Å². The molecule has 78 valence electrons. The number of fused-ring (bicyclic) bond motifs is 1. The second-order valence-corrected chi connectivity index (χ2v) is 4.89. The minimum atomic E-state index is 0.368. The van der Waals surface area contributed by atoms with Crippen LogP contribution >= 0.6 is 23.4 Å². The average Bonchev–Trinajstić information content (AvgIpc) is 2.93. The molecule has 2 heterocycles. The van der Waals surface area contributed by atoms with Crippen molar-refractivity contribution in [1.82, 2.24) is 25.4 Å². The molecule has 7 heteroatoms. The van der Waals surface area contributed by atoms with Crippen LogP contribution in [-0.2, 0) is 0 Å². The number of nitrogens with zero attached hydrogens (tertiary/aromatic N) is 4. The third kappa shape index (κ3) is 1.91. The average molecular weight is 242 g/mol. The Morgan fingerprint density at radius 1 is 1.33 bits per heavy atom. The third-order valence-electron chi connectivity index (χ3n) is 2.27. The lowest BCUT2D eigenvalue weighted by molar-refractivity contribution is 0.941. The highest BCUT2D eigenvalue weighted by molar-refractivity contribution is 7.99. The molecule has 0 aromatic carbocycles. The highest BCUT2D eigenvalue weighted by atomic mass is 35.5. The molecule has 1 N–H and O–H groups in total. The van der Waals surface area contributed by atoms with Crippen LogP contribution in [0.15, 0.2) is 5.16 Å². The summed E-state index contributed by atoms with van der Waals surface area (Å²) in [5.41, 5.74) is 1.07. The Balaban J connectivity index is 1.89. The van der Waals surface area contributed by atoms with Gasteiger partial charge < -0.3 is 0 Å². The zero-order chi connectivity index (χ0) is 10.3. The van der Waals surface area contributed by atoms with Crippen molar-refractivity contribution in [3.8, 4) is 0 Å². The molecule has 15 heavy (non-hydrogen) atoms. The number of hydrogen-bond donors (Lipinski definition) is 1. The van der Waals surface area contributed by atoms with Crippen molar-refractivity contribution in [3.05, 3.63) is 5.15 Å². The molecule has 5 nitrogen and oxygen atoms in total. The van der Waals surface area contributed by atoms with Crippen molar-refractivity contribution in [2.24, 2.45) is 5.92 Å². The number of aromatic amines is 1. The molecule has 0 atom stereocenters. The second-order valence-electron chi connectivity index (χ2n) is 3.55. The van der Waals surface area contributed by atoms with Crippen LogP contribution in [0.4, 0.5) is 0 Å². The van der Waals surface area contributed by atoms with Gasteiger partial charge in [0.1, 0.15) is 0 Å². The molecule has 1 fully saturated rings. The van der Waals surface area contributed by atoms with Crippen molar-refractivity contribution >= 4 is 34.5 Å². The van der Waals surface area contributed by atoms with Gasteiger partial charge in [-0.1, -0.05) is 23.4 Å². The van der Waals surface area contributed by atoms with E-state index < -0.39 is 0 Å². The largest absolute Gasteiger partial charge is 0.208 e. The van der Waals surface area contributed by atoms with Gasteiger partial charge in [0.05, 0.1) is 0 Å². The molecule has 1 aliphatic rings. The predicted octanol–water partition coefficient (Wildman–Crippen LogP) is 1.90. The van der Waals surface area contributed by atoms with Gasteiger partial charge in [-0.2, -0.15) is 15.3 Å². The summed E-state index contributed by atoms with van der Waals surface area (Å²) in [5, 5.41) is 11.3. The van der Waals surface area contributed by atoms with Crippen LogP contribution in [0.25, 0.3) is 11.2 Å². The van der Waals surface area contributed by atoms with Crippen LogP contribution in [0.3, 0.4) is 0 Å². The van der Waals surface area contributed by atoms with E-state index in [9.17, 15) is 0 Å². The van der Waals surface area contributed by atoms with Crippen LogP contribution in [0.2, 0.25) is 5.15 Å². The van der Waals surface area contributed by atoms with E-state index in [1.54, 1.807) is 11.8 Å². The minimum absolute atomic E-state index is 0.368. The lowest BCUT2D eigenvalue weighted by Gasteiger charge is -1.98. The van der Waals surface area contributed by atoms with E-state index in [1.807, 2.05) is 0 Å². The van der Waals surface area contributed by atoms with Gasteiger partial charge in [0, 0.05) is 5.75 Å². The fourth-order valence-electron chi connectivity index (χ4n) is 1.24. The number of nitrogens with one attached hydrogen (secondary N) is 1. The maximum Gasteiger partial charge on any atom is 0.207 e. The van der Waals surface area contributed by atoms with Gasteiger partial charge in [-0.3, -0.25) is 0 Å². The smallest absolute Gasteiger partial charge is 0.207 e. The number of aromatic nitrogens is 5. The SMILES string of the molecule is Clc1nc(SCC2CC2)nc2n[nH]nc12. The van der Waals surface area contributed by atoms with Crippen LogP contribution < -0.4 is 0 Å². The van der Waals surface area contributed by atoms with Crippen LogP contribution in [-0.4, -0.2) is 31.1 Å². The van der Waals surface area contributed by atoms with Crippen molar-refractivity contribution in [3.63, 3.8) is 0 Å². The molecule has 1 saturated carbocycles. The predicted molar refractivity (Wildman–Crippen MR) is 57.9 cm³/mol. The van der Waals surface area contributed by atoms with Gasteiger partial charge in [0.15, 0.2) is 15.8 Å². The Morgan fingerprint density at radius 3 is 3.00 bits per heavy atom. The molecule has 1 aliphatic carbocycles. The number of rotatable bonds is 3. The molecular formula is C8H8ClN5S. The summed E-state index contributed by atoms with van der Waals surface area (Å²) in [6, 6.07) is 0. The van der Waals surface area contributed by atoms with Crippen LogP contribution in [0.1, 0.15) is 12.8 Å². The summed E-state index contributed by atoms with van der Waals surface area (Å²) in [6.07, 6.45) is 2.65. The molecule has 0 radical (unpaired) electrons. The number of H-pyrrole nitrogens is 1. The zero-order valence-electron chi connectivity index (χ0n) is 7.77. The fraction of sp³-hybridized carbons (Fsp3) is 0.500. The molecule has 0 aliphatic heterocycles. The summed E-state index contributed by atoms with van der Waals surface area (Å²) >= 11 is 7.58. The van der Waals surface area contributed by atoms with Gasteiger partial charge in [0.2, 0.25) is 5.65 Å². The number of halogens is 1. The molecule has 2 aromatic heterocycles. The molecule has 0 saturated heterocycles.